The standard InChI is InChI=1S/C22H19BrN2O6S/c1-4-30-18-11-13(10-17(23)19(18)31-12(2)26)9-16-20(27)24-22(32)25(21(16)28)14-5-7-15(29-3)8-6-14/h5-11H,4H2,1-3H3,(H,24,27,32)/b16-9-. The fraction of sp³-hybridized carbons (Fsp3) is 0.182. The van der Waals surface area contributed by atoms with E-state index in [1.165, 1.54) is 25.0 Å². The van der Waals surface area contributed by atoms with E-state index in [-0.39, 0.29) is 22.2 Å². The van der Waals surface area contributed by atoms with Gasteiger partial charge in [-0.15, -0.1) is 0 Å². The zero-order chi connectivity index (χ0) is 23.4. The third-order valence-electron chi connectivity index (χ3n) is 4.32. The van der Waals surface area contributed by atoms with Crippen LogP contribution in [0.5, 0.6) is 17.2 Å². The van der Waals surface area contributed by atoms with E-state index in [2.05, 4.69) is 21.2 Å². The summed E-state index contributed by atoms with van der Waals surface area (Å²) in [4.78, 5) is 38.4. The summed E-state index contributed by atoms with van der Waals surface area (Å²) >= 11 is 8.56. The fourth-order valence-electron chi connectivity index (χ4n) is 2.97. The number of esters is 1. The highest BCUT2D eigenvalue weighted by Crippen LogP contribution is 2.38. The summed E-state index contributed by atoms with van der Waals surface area (Å²) in [6, 6.07) is 9.88. The van der Waals surface area contributed by atoms with Gasteiger partial charge in [0.1, 0.15) is 11.3 Å². The molecule has 1 aliphatic rings. The van der Waals surface area contributed by atoms with E-state index in [9.17, 15) is 14.4 Å². The number of methoxy groups -OCH3 is 1. The van der Waals surface area contributed by atoms with Gasteiger partial charge in [0.25, 0.3) is 11.8 Å². The molecule has 10 heteroatoms. The summed E-state index contributed by atoms with van der Waals surface area (Å²) < 4.78 is 16.3. The van der Waals surface area contributed by atoms with Crippen LogP contribution in [-0.4, -0.2) is 36.6 Å². The van der Waals surface area contributed by atoms with Crippen LogP contribution < -0.4 is 24.4 Å². The van der Waals surface area contributed by atoms with E-state index in [0.717, 1.165) is 0 Å². The van der Waals surface area contributed by atoms with Crippen LogP contribution in [-0.2, 0) is 14.4 Å². The number of nitrogens with zero attached hydrogens (tertiary/aromatic N) is 1. The van der Waals surface area contributed by atoms with Gasteiger partial charge in [-0.25, -0.2) is 0 Å². The molecule has 0 spiro atoms. The summed E-state index contributed by atoms with van der Waals surface area (Å²) in [6.07, 6.45) is 1.42. The molecule has 0 aromatic heterocycles. The van der Waals surface area contributed by atoms with Crippen LogP contribution in [0.2, 0.25) is 0 Å². The summed E-state index contributed by atoms with van der Waals surface area (Å²) in [5.74, 6) is -0.601. The number of nitrogens with one attached hydrogen (secondary N) is 1. The lowest BCUT2D eigenvalue weighted by atomic mass is 10.1. The molecule has 166 valence electrons. The Morgan fingerprint density at radius 1 is 1.22 bits per heavy atom. The molecule has 0 unspecified atom stereocenters. The van der Waals surface area contributed by atoms with E-state index in [0.29, 0.717) is 28.1 Å². The number of hydrogen-bond acceptors (Lipinski definition) is 7. The molecule has 1 fully saturated rings. The quantitative estimate of drug-likeness (QED) is 0.205. The van der Waals surface area contributed by atoms with E-state index < -0.39 is 17.8 Å². The second-order valence-electron chi connectivity index (χ2n) is 6.51. The van der Waals surface area contributed by atoms with Crippen molar-refractivity contribution in [2.45, 2.75) is 13.8 Å². The van der Waals surface area contributed by atoms with Gasteiger partial charge in [-0.05, 0) is 83.1 Å². The van der Waals surface area contributed by atoms with Crippen molar-refractivity contribution in [3.63, 3.8) is 0 Å². The van der Waals surface area contributed by atoms with Crippen molar-refractivity contribution in [3.05, 3.63) is 52.0 Å². The first-order valence-electron chi connectivity index (χ1n) is 9.45. The molecule has 0 saturated carbocycles. The van der Waals surface area contributed by atoms with Gasteiger partial charge in [0, 0.05) is 6.92 Å². The number of hydrogen-bond donors (Lipinski definition) is 1. The monoisotopic (exact) mass is 518 g/mol. The molecule has 8 nitrogen and oxygen atoms in total. The van der Waals surface area contributed by atoms with Gasteiger partial charge < -0.3 is 14.2 Å². The van der Waals surface area contributed by atoms with E-state index >= 15 is 0 Å². The maximum Gasteiger partial charge on any atom is 0.308 e. The lowest BCUT2D eigenvalue weighted by molar-refractivity contribution is -0.132. The van der Waals surface area contributed by atoms with Crippen molar-refractivity contribution in [2.24, 2.45) is 0 Å². The molecule has 0 aliphatic carbocycles. The summed E-state index contributed by atoms with van der Waals surface area (Å²) in [7, 11) is 1.54. The molecule has 32 heavy (non-hydrogen) atoms. The Bertz CT molecular complexity index is 1130. The molecular formula is C22H19BrN2O6S. The number of carbonyl (C=O) groups is 3. The number of benzene rings is 2. The molecule has 0 radical (unpaired) electrons. The van der Waals surface area contributed by atoms with Crippen molar-refractivity contribution in [1.29, 1.82) is 0 Å². The van der Waals surface area contributed by atoms with Gasteiger partial charge in [0.15, 0.2) is 16.6 Å². The van der Waals surface area contributed by atoms with Crippen LogP contribution in [0.3, 0.4) is 0 Å². The smallest absolute Gasteiger partial charge is 0.308 e. The van der Waals surface area contributed by atoms with Crippen molar-refractivity contribution < 1.29 is 28.6 Å². The molecule has 1 saturated heterocycles. The van der Waals surface area contributed by atoms with Crippen LogP contribution in [0.1, 0.15) is 19.4 Å². The topological polar surface area (TPSA) is 94.2 Å². The minimum Gasteiger partial charge on any atom is -0.497 e. The lowest BCUT2D eigenvalue weighted by Gasteiger charge is -2.29. The Kier molecular flexibility index (Phi) is 7.26. The molecule has 2 aromatic carbocycles. The lowest BCUT2D eigenvalue weighted by Crippen LogP contribution is -2.54. The second kappa shape index (κ2) is 9.92. The van der Waals surface area contributed by atoms with Gasteiger partial charge in [-0.1, -0.05) is 0 Å². The first kappa shape index (κ1) is 23.4. The van der Waals surface area contributed by atoms with Crippen LogP contribution >= 0.6 is 28.1 Å². The molecule has 1 N–H and O–H groups in total. The fourth-order valence-corrected chi connectivity index (χ4v) is 3.79. The van der Waals surface area contributed by atoms with Gasteiger partial charge in [0.05, 0.1) is 23.9 Å². The van der Waals surface area contributed by atoms with E-state index in [1.54, 1.807) is 43.3 Å². The number of thiocarbonyl (C=S) groups is 1. The predicted octanol–water partition coefficient (Wildman–Crippen LogP) is 3.61. The Hall–Kier alpha value is -3.24. The Morgan fingerprint density at radius 2 is 1.91 bits per heavy atom. The Labute approximate surface area is 198 Å². The maximum atomic E-state index is 13.2. The van der Waals surface area contributed by atoms with Gasteiger partial charge in [0.2, 0.25) is 0 Å². The zero-order valence-electron chi connectivity index (χ0n) is 17.4. The Morgan fingerprint density at radius 3 is 2.50 bits per heavy atom. The van der Waals surface area contributed by atoms with Crippen molar-refractivity contribution >= 4 is 62.8 Å². The zero-order valence-corrected chi connectivity index (χ0v) is 19.8. The molecule has 1 heterocycles. The van der Waals surface area contributed by atoms with Crippen LogP contribution in [0.25, 0.3) is 6.08 Å². The van der Waals surface area contributed by atoms with Gasteiger partial charge in [-0.2, -0.15) is 0 Å². The van der Waals surface area contributed by atoms with Gasteiger partial charge in [-0.3, -0.25) is 24.6 Å². The van der Waals surface area contributed by atoms with E-state index in [4.69, 9.17) is 26.4 Å². The number of halogens is 1. The Balaban J connectivity index is 2.02. The van der Waals surface area contributed by atoms with Crippen molar-refractivity contribution in [3.8, 4) is 17.2 Å². The average molecular weight is 519 g/mol. The number of carbonyl (C=O) groups excluding carboxylic acids is 3. The molecule has 0 bridgehead atoms. The van der Waals surface area contributed by atoms with Crippen LogP contribution in [0.15, 0.2) is 46.4 Å². The minimum absolute atomic E-state index is 0.0243. The number of amides is 2. The van der Waals surface area contributed by atoms with Gasteiger partial charge >= 0.3 is 5.97 Å². The maximum absolute atomic E-state index is 13.2. The predicted molar refractivity (Wildman–Crippen MR) is 126 cm³/mol. The van der Waals surface area contributed by atoms with Crippen LogP contribution in [0.4, 0.5) is 5.69 Å². The molecule has 2 amide bonds. The second-order valence-corrected chi connectivity index (χ2v) is 7.75. The third-order valence-corrected chi connectivity index (χ3v) is 5.19. The summed E-state index contributed by atoms with van der Waals surface area (Å²) in [5.41, 5.74) is 0.842. The van der Waals surface area contributed by atoms with Crippen molar-refractivity contribution in [2.75, 3.05) is 18.6 Å². The highest BCUT2D eigenvalue weighted by molar-refractivity contribution is 9.10. The third kappa shape index (κ3) is 4.97. The van der Waals surface area contributed by atoms with Crippen LogP contribution in [0, 0.1) is 0 Å². The normalized spacial score (nSPS) is 14.9. The number of anilines is 1. The first-order valence-corrected chi connectivity index (χ1v) is 10.7. The SMILES string of the molecule is CCOc1cc(/C=C2/C(=O)NC(=S)N(c3ccc(OC)cc3)C2=O)cc(Br)c1OC(C)=O. The minimum atomic E-state index is -0.622. The van der Waals surface area contributed by atoms with Crippen molar-refractivity contribution in [1.82, 2.24) is 5.32 Å². The highest BCUT2D eigenvalue weighted by Gasteiger charge is 2.34. The molecule has 0 atom stereocenters. The molecular weight excluding hydrogens is 500 g/mol. The molecule has 1 aliphatic heterocycles. The molecule has 2 aromatic rings. The largest absolute Gasteiger partial charge is 0.497 e. The first-order chi connectivity index (χ1) is 15.2. The van der Waals surface area contributed by atoms with E-state index in [1.807, 2.05) is 0 Å². The average Bonchev–Trinajstić information content (AvgIpc) is 2.74. The number of ether oxygens (including phenoxy) is 3. The number of rotatable bonds is 6. The highest BCUT2D eigenvalue weighted by atomic mass is 79.9. The summed E-state index contributed by atoms with van der Waals surface area (Å²) in [5, 5.41) is 2.51. The molecule has 3 rings (SSSR count). The summed E-state index contributed by atoms with van der Waals surface area (Å²) in [6.45, 7) is 3.38.